The molecule has 0 saturated heterocycles. The Balaban J connectivity index is 2.06. The molecule has 0 aromatic rings. The first-order chi connectivity index (χ1) is 11.8. The quantitative estimate of drug-likeness (QED) is 0.578. The number of hydrogen-bond donors (Lipinski definition) is 1. The van der Waals surface area contributed by atoms with Gasteiger partial charge in [0.05, 0.1) is 18.9 Å². The minimum absolute atomic E-state index is 0.0394. The van der Waals surface area contributed by atoms with Crippen LogP contribution in [0.5, 0.6) is 0 Å². The van der Waals surface area contributed by atoms with Crippen molar-refractivity contribution in [2.24, 2.45) is 23.7 Å². The van der Waals surface area contributed by atoms with E-state index in [-0.39, 0.29) is 17.6 Å². The highest BCUT2D eigenvalue weighted by Crippen LogP contribution is 2.54. The molecular weight excluding hydrogens is 328 g/mol. The summed E-state index contributed by atoms with van der Waals surface area (Å²) in [7, 11) is 4.03. The van der Waals surface area contributed by atoms with Crippen LogP contribution in [0.25, 0.3) is 0 Å². The lowest BCUT2D eigenvalue weighted by atomic mass is 9.60. The van der Waals surface area contributed by atoms with Crippen LogP contribution in [0.3, 0.4) is 0 Å². The highest BCUT2D eigenvalue weighted by atomic mass is 16.7. The van der Waals surface area contributed by atoms with Gasteiger partial charge in [-0.1, -0.05) is 19.9 Å². The Labute approximate surface area is 146 Å². The number of fused-ring (bicyclic) bond motifs is 1. The molecule has 0 unspecified atom stereocenters. The Kier molecular flexibility index (Phi) is 4.51. The molecule has 4 rings (SSSR count). The number of hydrogen-bond acceptors (Lipinski definition) is 7. The van der Waals surface area contributed by atoms with Gasteiger partial charge in [-0.3, -0.25) is 4.79 Å². The molecule has 138 valence electrons. The van der Waals surface area contributed by atoms with Gasteiger partial charge in [0, 0.05) is 25.7 Å². The van der Waals surface area contributed by atoms with E-state index in [1.807, 2.05) is 13.8 Å². The van der Waals surface area contributed by atoms with Gasteiger partial charge in [0.25, 0.3) is 0 Å². The topological polar surface area (TPSA) is 91.3 Å². The summed E-state index contributed by atoms with van der Waals surface area (Å²) >= 11 is 0. The Bertz CT molecular complexity index is 644. The SMILES string of the molecule is COC(=O)C1=C[C@@H]2C(=O)C(OC)(OC)[C@H]1[C@@H]1OC([C@H](O)C(C)C)=C[C@@H]12. The lowest BCUT2D eigenvalue weighted by Gasteiger charge is -2.51. The molecule has 5 atom stereocenters. The number of rotatable bonds is 5. The molecule has 25 heavy (non-hydrogen) atoms. The number of Topliss-reactive ketones (excluding diaryl/α,β-unsaturated/α-hetero) is 1. The molecule has 0 aromatic carbocycles. The second-order valence-corrected chi connectivity index (χ2v) is 6.97. The standard InChI is InChI=1S/C18H24O7/c1-8(2)14(19)12-7-9-10-6-11(17(21)22-3)13(15(9)25-12)18(23-4,24-5)16(10)20/h6-10,13-15,19H,1-5H3/t9-,10+,13-,14-,15-/m1/s1. The van der Waals surface area contributed by atoms with Crippen molar-refractivity contribution in [3.05, 3.63) is 23.5 Å². The van der Waals surface area contributed by atoms with Gasteiger partial charge in [0.2, 0.25) is 5.79 Å². The molecule has 1 fully saturated rings. The fourth-order valence-corrected chi connectivity index (χ4v) is 4.15. The van der Waals surface area contributed by atoms with Crippen LogP contribution in [0.1, 0.15) is 13.8 Å². The van der Waals surface area contributed by atoms with Crippen LogP contribution >= 0.6 is 0 Å². The Morgan fingerprint density at radius 1 is 1.24 bits per heavy atom. The lowest BCUT2D eigenvalue weighted by molar-refractivity contribution is -0.257. The first-order valence-electron chi connectivity index (χ1n) is 8.33. The molecule has 0 radical (unpaired) electrons. The van der Waals surface area contributed by atoms with E-state index < -0.39 is 35.8 Å². The van der Waals surface area contributed by atoms with Crippen LogP contribution in [-0.4, -0.2) is 56.2 Å². The van der Waals surface area contributed by atoms with Crippen molar-refractivity contribution in [3.63, 3.8) is 0 Å². The molecular formula is C18H24O7. The fraction of sp³-hybridized carbons (Fsp3) is 0.667. The van der Waals surface area contributed by atoms with Crippen LogP contribution in [-0.2, 0) is 28.5 Å². The summed E-state index contributed by atoms with van der Waals surface area (Å²) in [6.45, 7) is 3.76. The van der Waals surface area contributed by atoms with Gasteiger partial charge in [0.1, 0.15) is 18.0 Å². The zero-order valence-corrected chi connectivity index (χ0v) is 15.0. The van der Waals surface area contributed by atoms with Crippen molar-refractivity contribution in [2.75, 3.05) is 21.3 Å². The van der Waals surface area contributed by atoms with Crippen molar-refractivity contribution in [2.45, 2.75) is 31.8 Å². The third-order valence-electron chi connectivity index (χ3n) is 5.45. The Morgan fingerprint density at radius 2 is 1.88 bits per heavy atom. The van der Waals surface area contributed by atoms with Crippen molar-refractivity contribution in [1.29, 1.82) is 0 Å². The summed E-state index contributed by atoms with van der Waals surface area (Å²) in [6.07, 6.45) is 2.11. The molecule has 7 heteroatoms. The van der Waals surface area contributed by atoms with Crippen molar-refractivity contribution in [3.8, 4) is 0 Å². The predicted molar refractivity (Wildman–Crippen MR) is 86.1 cm³/mol. The summed E-state index contributed by atoms with van der Waals surface area (Å²) in [5, 5.41) is 10.3. The highest BCUT2D eigenvalue weighted by Gasteiger charge is 2.67. The maximum Gasteiger partial charge on any atom is 0.334 e. The van der Waals surface area contributed by atoms with E-state index in [9.17, 15) is 14.7 Å². The predicted octanol–water partition coefficient (Wildman–Crippen LogP) is 0.819. The minimum Gasteiger partial charge on any atom is -0.491 e. The monoisotopic (exact) mass is 352 g/mol. The van der Waals surface area contributed by atoms with Gasteiger partial charge < -0.3 is 24.1 Å². The van der Waals surface area contributed by atoms with E-state index in [1.165, 1.54) is 21.3 Å². The van der Waals surface area contributed by atoms with Gasteiger partial charge in [-0.2, -0.15) is 0 Å². The highest BCUT2D eigenvalue weighted by molar-refractivity contribution is 6.00. The normalized spacial score (nSPS) is 33.5. The number of aliphatic hydroxyl groups excluding tert-OH is 1. The molecule has 4 aliphatic rings. The first-order valence-corrected chi connectivity index (χ1v) is 8.33. The molecule has 1 saturated carbocycles. The number of allylic oxidation sites excluding steroid dienone is 1. The average molecular weight is 352 g/mol. The smallest absolute Gasteiger partial charge is 0.334 e. The molecule has 1 heterocycles. The number of carbonyl (C=O) groups is 2. The average Bonchev–Trinajstić information content (AvgIpc) is 3.06. The van der Waals surface area contributed by atoms with Gasteiger partial charge in [0.15, 0.2) is 5.78 Å². The maximum absolute atomic E-state index is 13.0. The number of aliphatic hydroxyl groups is 1. The van der Waals surface area contributed by atoms with Gasteiger partial charge in [-0.15, -0.1) is 0 Å². The van der Waals surface area contributed by atoms with E-state index in [1.54, 1.807) is 12.2 Å². The number of carbonyl (C=O) groups excluding carboxylic acids is 2. The van der Waals surface area contributed by atoms with E-state index >= 15 is 0 Å². The van der Waals surface area contributed by atoms with Crippen LogP contribution in [0, 0.1) is 23.7 Å². The van der Waals surface area contributed by atoms with Crippen LogP contribution in [0.4, 0.5) is 0 Å². The molecule has 1 N–H and O–H groups in total. The summed E-state index contributed by atoms with van der Waals surface area (Å²) in [5.74, 6) is -3.69. The maximum atomic E-state index is 13.0. The van der Waals surface area contributed by atoms with E-state index in [2.05, 4.69) is 0 Å². The summed E-state index contributed by atoms with van der Waals surface area (Å²) < 4.78 is 21.8. The summed E-state index contributed by atoms with van der Waals surface area (Å²) in [4.78, 5) is 25.2. The van der Waals surface area contributed by atoms with Crippen molar-refractivity contribution in [1.82, 2.24) is 0 Å². The molecule has 2 bridgehead atoms. The molecule has 1 aliphatic heterocycles. The minimum atomic E-state index is -1.60. The Hall–Kier alpha value is -1.70. The molecule has 0 spiro atoms. The molecule has 0 aromatic heterocycles. The number of ether oxygens (including phenoxy) is 4. The lowest BCUT2D eigenvalue weighted by Crippen LogP contribution is -2.66. The summed E-state index contributed by atoms with van der Waals surface area (Å²) in [5.41, 5.74) is 0.311. The first kappa shape index (κ1) is 18.1. The zero-order valence-electron chi connectivity index (χ0n) is 15.0. The fourth-order valence-electron chi connectivity index (χ4n) is 4.15. The Morgan fingerprint density at radius 3 is 2.40 bits per heavy atom. The zero-order chi connectivity index (χ0) is 18.5. The van der Waals surface area contributed by atoms with Gasteiger partial charge in [-0.05, 0) is 12.0 Å². The van der Waals surface area contributed by atoms with Crippen molar-refractivity contribution < 1.29 is 33.6 Å². The molecule has 0 amide bonds. The largest absolute Gasteiger partial charge is 0.491 e. The second kappa shape index (κ2) is 6.23. The second-order valence-electron chi connectivity index (χ2n) is 6.97. The molecule has 3 aliphatic carbocycles. The van der Waals surface area contributed by atoms with E-state index in [0.29, 0.717) is 11.3 Å². The van der Waals surface area contributed by atoms with Crippen LogP contribution in [0.15, 0.2) is 23.5 Å². The molecule has 7 nitrogen and oxygen atoms in total. The third-order valence-corrected chi connectivity index (χ3v) is 5.45. The van der Waals surface area contributed by atoms with E-state index in [0.717, 1.165) is 0 Å². The summed E-state index contributed by atoms with van der Waals surface area (Å²) in [6, 6.07) is 0. The number of methoxy groups -OCH3 is 3. The van der Waals surface area contributed by atoms with E-state index in [4.69, 9.17) is 18.9 Å². The third kappa shape index (κ3) is 2.37. The van der Waals surface area contributed by atoms with Crippen LogP contribution in [0.2, 0.25) is 0 Å². The van der Waals surface area contributed by atoms with Gasteiger partial charge >= 0.3 is 5.97 Å². The van der Waals surface area contributed by atoms with Crippen LogP contribution < -0.4 is 0 Å². The van der Waals surface area contributed by atoms with Gasteiger partial charge in [-0.25, -0.2) is 4.79 Å². The number of esters is 1. The van der Waals surface area contributed by atoms with Crippen molar-refractivity contribution >= 4 is 11.8 Å². The number of ketones is 1.